The molecule has 3 rings (SSSR count). The number of phenolic OH excluding ortho intramolecular Hbond substituents is 1. The Balaban J connectivity index is 1.64. The van der Waals surface area contributed by atoms with Gasteiger partial charge in [-0.25, -0.2) is 0 Å². The molecule has 0 unspecified atom stereocenters. The Morgan fingerprint density at radius 2 is 1.65 bits per heavy atom. The minimum atomic E-state index is 0.119. The van der Waals surface area contributed by atoms with Crippen molar-refractivity contribution in [3.05, 3.63) is 57.0 Å². The highest BCUT2D eigenvalue weighted by atomic mass is 35.5. The lowest BCUT2D eigenvalue weighted by Gasteiger charge is -2.36. The summed E-state index contributed by atoms with van der Waals surface area (Å²) in [4.78, 5) is 4.59. The highest BCUT2D eigenvalue weighted by Crippen LogP contribution is 2.32. The molecule has 1 saturated heterocycles. The Labute approximate surface area is 151 Å². The van der Waals surface area contributed by atoms with Crippen molar-refractivity contribution in [1.82, 2.24) is 4.90 Å². The van der Waals surface area contributed by atoms with Gasteiger partial charge < -0.3 is 10.0 Å². The molecule has 23 heavy (non-hydrogen) atoms. The number of hydrogen-bond acceptors (Lipinski definition) is 3. The van der Waals surface area contributed by atoms with Gasteiger partial charge in [0.1, 0.15) is 5.75 Å². The average molecular weight is 372 g/mol. The van der Waals surface area contributed by atoms with Gasteiger partial charge in [0.05, 0.1) is 5.02 Å². The second-order valence-electron chi connectivity index (χ2n) is 5.64. The quantitative estimate of drug-likeness (QED) is 0.849. The molecule has 0 spiro atoms. The van der Waals surface area contributed by atoms with Gasteiger partial charge in [0.15, 0.2) is 0 Å². The number of benzene rings is 2. The topological polar surface area (TPSA) is 26.7 Å². The van der Waals surface area contributed by atoms with Crippen LogP contribution >= 0.6 is 34.8 Å². The Morgan fingerprint density at radius 1 is 0.913 bits per heavy atom. The fraction of sp³-hybridized carbons (Fsp3) is 0.294. The molecule has 1 N–H and O–H groups in total. The summed E-state index contributed by atoms with van der Waals surface area (Å²) in [6.07, 6.45) is 0. The first-order valence-electron chi connectivity index (χ1n) is 7.42. The maximum atomic E-state index is 10.1. The van der Waals surface area contributed by atoms with Gasteiger partial charge in [-0.3, -0.25) is 4.90 Å². The van der Waals surface area contributed by atoms with Crippen LogP contribution in [0.1, 0.15) is 5.56 Å². The number of anilines is 1. The summed E-state index contributed by atoms with van der Waals surface area (Å²) in [5, 5.41) is 11.7. The highest BCUT2D eigenvalue weighted by molar-refractivity contribution is 6.35. The molecule has 3 nitrogen and oxygen atoms in total. The van der Waals surface area contributed by atoms with Crippen molar-refractivity contribution in [3.63, 3.8) is 0 Å². The van der Waals surface area contributed by atoms with Gasteiger partial charge in [-0.2, -0.15) is 0 Å². The van der Waals surface area contributed by atoms with Crippen LogP contribution in [0.25, 0.3) is 0 Å². The van der Waals surface area contributed by atoms with Crippen LogP contribution in [0, 0.1) is 0 Å². The molecule has 0 bridgehead atoms. The highest BCUT2D eigenvalue weighted by Gasteiger charge is 2.19. The van der Waals surface area contributed by atoms with Crippen LogP contribution in [-0.2, 0) is 6.54 Å². The van der Waals surface area contributed by atoms with Crippen LogP contribution in [0.15, 0.2) is 36.4 Å². The maximum absolute atomic E-state index is 10.1. The minimum Gasteiger partial charge on any atom is -0.506 e. The third kappa shape index (κ3) is 4.04. The molecule has 0 radical (unpaired) electrons. The first kappa shape index (κ1) is 16.7. The lowest BCUT2D eigenvalue weighted by molar-refractivity contribution is 0.247. The predicted octanol–water partition coefficient (Wildman–Crippen LogP) is 4.67. The lowest BCUT2D eigenvalue weighted by Crippen LogP contribution is -2.45. The van der Waals surface area contributed by atoms with Crippen molar-refractivity contribution < 1.29 is 5.11 Å². The van der Waals surface area contributed by atoms with E-state index in [9.17, 15) is 5.11 Å². The summed E-state index contributed by atoms with van der Waals surface area (Å²) in [6, 6.07) is 11.2. The van der Waals surface area contributed by atoms with Crippen molar-refractivity contribution >= 4 is 40.5 Å². The molecule has 1 heterocycles. The van der Waals surface area contributed by atoms with Gasteiger partial charge >= 0.3 is 0 Å². The zero-order chi connectivity index (χ0) is 16.4. The zero-order valence-electron chi connectivity index (χ0n) is 12.5. The normalized spacial score (nSPS) is 15.9. The summed E-state index contributed by atoms with van der Waals surface area (Å²) in [7, 11) is 0. The van der Waals surface area contributed by atoms with Crippen LogP contribution in [0.3, 0.4) is 0 Å². The molecule has 1 fully saturated rings. The molecule has 2 aromatic carbocycles. The molecule has 0 atom stereocenters. The van der Waals surface area contributed by atoms with Crippen molar-refractivity contribution in [2.75, 3.05) is 31.1 Å². The smallest absolute Gasteiger partial charge is 0.138 e. The van der Waals surface area contributed by atoms with E-state index in [1.54, 1.807) is 12.1 Å². The SMILES string of the molecule is Oc1c(Cl)cc(Cl)cc1CN1CCN(c2cccc(Cl)c2)CC1. The van der Waals surface area contributed by atoms with Crippen LogP contribution in [0.5, 0.6) is 5.75 Å². The second-order valence-corrected chi connectivity index (χ2v) is 6.92. The molecular weight excluding hydrogens is 355 g/mol. The fourth-order valence-corrected chi connectivity index (χ4v) is 3.54. The second kappa shape index (κ2) is 7.18. The summed E-state index contributed by atoms with van der Waals surface area (Å²) >= 11 is 18.1. The van der Waals surface area contributed by atoms with Crippen LogP contribution in [0.4, 0.5) is 5.69 Å². The van der Waals surface area contributed by atoms with Crippen LogP contribution in [0.2, 0.25) is 15.1 Å². The monoisotopic (exact) mass is 370 g/mol. The van der Waals surface area contributed by atoms with E-state index < -0.39 is 0 Å². The lowest BCUT2D eigenvalue weighted by atomic mass is 10.1. The summed E-state index contributed by atoms with van der Waals surface area (Å²) in [5.74, 6) is 0.119. The third-order valence-electron chi connectivity index (χ3n) is 4.05. The van der Waals surface area contributed by atoms with Crippen LogP contribution in [-0.4, -0.2) is 36.2 Å². The molecule has 1 aliphatic heterocycles. The molecule has 6 heteroatoms. The Morgan fingerprint density at radius 3 is 2.35 bits per heavy atom. The molecule has 0 amide bonds. The van der Waals surface area contributed by atoms with Crippen molar-refractivity contribution in [2.24, 2.45) is 0 Å². The first-order chi connectivity index (χ1) is 11.0. The molecule has 0 aliphatic carbocycles. The molecule has 0 aromatic heterocycles. The van der Waals surface area contributed by atoms with Crippen molar-refractivity contribution in [1.29, 1.82) is 0 Å². The number of hydrogen-bond donors (Lipinski definition) is 1. The van der Waals surface area contributed by atoms with E-state index in [2.05, 4.69) is 15.9 Å². The fourth-order valence-electron chi connectivity index (χ4n) is 2.82. The van der Waals surface area contributed by atoms with E-state index in [4.69, 9.17) is 34.8 Å². The van der Waals surface area contributed by atoms with Gasteiger partial charge in [0.25, 0.3) is 0 Å². The van der Waals surface area contributed by atoms with E-state index in [1.807, 2.05) is 18.2 Å². The van der Waals surface area contributed by atoms with Gasteiger partial charge in [0, 0.05) is 54.0 Å². The number of halogens is 3. The van der Waals surface area contributed by atoms with E-state index in [0.29, 0.717) is 16.6 Å². The number of piperazine rings is 1. The molecule has 122 valence electrons. The number of phenols is 1. The number of rotatable bonds is 3. The minimum absolute atomic E-state index is 0.119. The Bertz CT molecular complexity index is 700. The van der Waals surface area contributed by atoms with Crippen LogP contribution < -0.4 is 4.90 Å². The van der Waals surface area contributed by atoms with Gasteiger partial charge in [-0.1, -0.05) is 40.9 Å². The summed E-state index contributed by atoms with van der Waals surface area (Å²) in [5.41, 5.74) is 1.91. The van der Waals surface area contributed by atoms with Crippen molar-refractivity contribution in [2.45, 2.75) is 6.54 Å². The molecular formula is C17H17Cl3N2O. The average Bonchev–Trinajstić information content (AvgIpc) is 2.53. The zero-order valence-corrected chi connectivity index (χ0v) is 14.7. The van der Waals surface area contributed by atoms with E-state index in [0.717, 1.165) is 42.5 Å². The standard InChI is InChI=1S/C17H17Cl3N2O/c18-13-2-1-3-15(9-13)22-6-4-21(5-7-22)11-12-8-14(19)10-16(20)17(12)23/h1-3,8-10,23H,4-7,11H2. The largest absolute Gasteiger partial charge is 0.506 e. The third-order valence-corrected chi connectivity index (χ3v) is 4.79. The van der Waals surface area contributed by atoms with E-state index in [-0.39, 0.29) is 5.75 Å². The van der Waals surface area contributed by atoms with Gasteiger partial charge in [0.2, 0.25) is 0 Å². The van der Waals surface area contributed by atoms with Gasteiger partial charge in [-0.15, -0.1) is 0 Å². The number of aromatic hydroxyl groups is 1. The van der Waals surface area contributed by atoms with E-state index >= 15 is 0 Å². The van der Waals surface area contributed by atoms with Crippen molar-refractivity contribution in [3.8, 4) is 5.75 Å². The summed E-state index contributed by atoms with van der Waals surface area (Å²) in [6.45, 7) is 4.26. The molecule has 2 aromatic rings. The maximum Gasteiger partial charge on any atom is 0.138 e. The predicted molar refractivity (Wildman–Crippen MR) is 97.1 cm³/mol. The van der Waals surface area contributed by atoms with E-state index in [1.165, 1.54) is 0 Å². The first-order valence-corrected chi connectivity index (χ1v) is 8.56. The molecule has 1 aliphatic rings. The Kier molecular flexibility index (Phi) is 5.22. The number of nitrogens with zero attached hydrogens (tertiary/aromatic N) is 2. The van der Waals surface area contributed by atoms with Gasteiger partial charge in [-0.05, 0) is 30.3 Å². The Hall–Kier alpha value is -1.13. The summed E-state index contributed by atoms with van der Waals surface area (Å²) < 4.78 is 0. The molecule has 0 saturated carbocycles.